The molecule has 1 aromatic carbocycles. The summed E-state index contributed by atoms with van der Waals surface area (Å²) >= 11 is 0. The van der Waals surface area contributed by atoms with Crippen molar-refractivity contribution in [2.45, 2.75) is 32.9 Å². The molecule has 0 saturated carbocycles. The molecule has 1 aliphatic rings. The van der Waals surface area contributed by atoms with Gasteiger partial charge in [0.05, 0.1) is 18.3 Å². The number of fused-ring (bicyclic) bond motifs is 1. The number of benzene rings is 1. The summed E-state index contributed by atoms with van der Waals surface area (Å²) in [6.45, 7) is 6.51. The van der Waals surface area contributed by atoms with E-state index in [0.29, 0.717) is 30.2 Å². The number of carbonyl (C=O) groups excluding carboxylic acids is 1. The predicted molar refractivity (Wildman–Crippen MR) is 77.7 cm³/mol. The molecule has 2 unspecified atom stereocenters. The molecule has 0 bridgehead atoms. The maximum Gasteiger partial charge on any atom is 0.229 e. The molecule has 0 spiro atoms. The summed E-state index contributed by atoms with van der Waals surface area (Å²) in [5, 5.41) is 10.1. The zero-order valence-corrected chi connectivity index (χ0v) is 12.2. The molecule has 1 heterocycles. The number of nitrogens with two attached hydrogens (primary N) is 1. The van der Waals surface area contributed by atoms with E-state index in [1.165, 1.54) is 0 Å². The minimum atomic E-state index is -0.752. The van der Waals surface area contributed by atoms with Crippen LogP contribution in [0.3, 0.4) is 0 Å². The lowest BCUT2D eigenvalue weighted by Gasteiger charge is -2.31. The van der Waals surface area contributed by atoms with Crippen molar-refractivity contribution < 1.29 is 14.6 Å². The van der Waals surface area contributed by atoms with Gasteiger partial charge in [0.2, 0.25) is 5.91 Å². The molecule has 1 amide bonds. The third-order valence-corrected chi connectivity index (χ3v) is 3.45. The van der Waals surface area contributed by atoms with Gasteiger partial charge in [0.25, 0.3) is 0 Å². The van der Waals surface area contributed by atoms with Gasteiger partial charge in [-0.3, -0.25) is 4.79 Å². The lowest BCUT2D eigenvalue weighted by Crippen LogP contribution is -2.40. The molecular formula is C15H22N2O3. The molecule has 0 aromatic heterocycles. The van der Waals surface area contributed by atoms with Gasteiger partial charge in [-0.05, 0) is 24.6 Å². The second-order valence-electron chi connectivity index (χ2n) is 5.52. The van der Waals surface area contributed by atoms with Crippen LogP contribution in [0, 0.1) is 5.92 Å². The highest BCUT2D eigenvalue weighted by molar-refractivity contribution is 5.96. The Balaban J connectivity index is 2.38. The van der Waals surface area contributed by atoms with E-state index in [1.807, 2.05) is 13.8 Å². The largest absolute Gasteiger partial charge is 0.490 e. The summed E-state index contributed by atoms with van der Waals surface area (Å²) in [6, 6.07) is 5.00. The fourth-order valence-corrected chi connectivity index (χ4v) is 2.26. The number of aliphatic hydroxyl groups excluding tert-OH is 1. The molecule has 0 aliphatic carbocycles. The van der Waals surface area contributed by atoms with Crippen molar-refractivity contribution in [2.75, 3.05) is 18.1 Å². The van der Waals surface area contributed by atoms with Gasteiger partial charge in [-0.2, -0.15) is 0 Å². The van der Waals surface area contributed by atoms with Crippen molar-refractivity contribution in [1.82, 2.24) is 0 Å². The number of ether oxygens (including phenoxy) is 1. The highest BCUT2D eigenvalue weighted by Crippen LogP contribution is 2.35. The van der Waals surface area contributed by atoms with E-state index < -0.39 is 6.10 Å². The monoisotopic (exact) mass is 278 g/mol. The van der Waals surface area contributed by atoms with Gasteiger partial charge in [0.15, 0.2) is 0 Å². The molecule has 5 nitrogen and oxygen atoms in total. The molecule has 20 heavy (non-hydrogen) atoms. The molecule has 1 aromatic rings. The molecule has 110 valence electrons. The molecule has 3 N–H and O–H groups in total. The van der Waals surface area contributed by atoms with Gasteiger partial charge in [-0.15, -0.1) is 0 Å². The van der Waals surface area contributed by atoms with Crippen LogP contribution in [0.4, 0.5) is 5.69 Å². The number of hydrogen-bond acceptors (Lipinski definition) is 4. The van der Waals surface area contributed by atoms with Crippen LogP contribution >= 0.6 is 0 Å². The highest BCUT2D eigenvalue weighted by Gasteiger charge is 2.26. The van der Waals surface area contributed by atoms with Gasteiger partial charge < -0.3 is 20.5 Å². The van der Waals surface area contributed by atoms with Crippen molar-refractivity contribution in [2.24, 2.45) is 11.7 Å². The molecule has 2 rings (SSSR count). The first-order valence-electron chi connectivity index (χ1n) is 6.93. The Kier molecular flexibility index (Phi) is 4.30. The molecule has 0 radical (unpaired) electrons. The molecule has 5 heteroatoms. The quantitative estimate of drug-likeness (QED) is 0.877. The first-order chi connectivity index (χ1) is 9.41. The Morgan fingerprint density at radius 2 is 2.10 bits per heavy atom. The maximum atomic E-state index is 12.3. The van der Waals surface area contributed by atoms with Crippen LogP contribution in [0.5, 0.6) is 5.75 Å². The second kappa shape index (κ2) is 5.81. The number of aliphatic hydroxyl groups is 1. The summed E-state index contributed by atoms with van der Waals surface area (Å²) < 4.78 is 5.57. The lowest BCUT2D eigenvalue weighted by atomic mass is 10.0. The Bertz CT molecular complexity index is 500. The van der Waals surface area contributed by atoms with Gasteiger partial charge in [-0.1, -0.05) is 19.9 Å². The van der Waals surface area contributed by atoms with Gasteiger partial charge in [0, 0.05) is 12.0 Å². The number of anilines is 1. The van der Waals surface area contributed by atoms with E-state index in [1.54, 1.807) is 30.0 Å². The standard InChI is InChI=1S/C15H22N2O3/c1-9(2)15(19)17-6-7-20-13-5-4-11(8-12(13)17)14(18)10(3)16/h4-5,8-10,14,18H,6-7,16H2,1-3H3. The fraction of sp³-hybridized carbons (Fsp3) is 0.533. The molecule has 1 aliphatic heterocycles. The van der Waals surface area contributed by atoms with E-state index >= 15 is 0 Å². The van der Waals surface area contributed by atoms with Crippen LogP contribution in [0.25, 0.3) is 0 Å². The minimum Gasteiger partial charge on any atom is -0.490 e. The predicted octanol–water partition coefficient (Wildman–Crippen LogP) is 1.45. The minimum absolute atomic E-state index is 0.0574. The van der Waals surface area contributed by atoms with E-state index in [4.69, 9.17) is 10.5 Å². The summed E-state index contributed by atoms with van der Waals surface area (Å²) in [5.41, 5.74) is 7.14. The smallest absolute Gasteiger partial charge is 0.229 e. The third-order valence-electron chi connectivity index (χ3n) is 3.45. The van der Waals surface area contributed by atoms with Gasteiger partial charge >= 0.3 is 0 Å². The van der Waals surface area contributed by atoms with Crippen molar-refractivity contribution in [1.29, 1.82) is 0 Å². The Morgan fingerprint density at radius 3 is 2.70 bits per heavy atom. The Hall–Kier alpha value is -1.59. The van der Waals surface area contributed by atoms with Crippen LogP contribution in [-0.2, 0) is 4.79 Å². The van der Waals surface area contributed by atoms with Crippen molar-refractivity contribution in [3.8, 4) is 5.75 Å². The van der Waals surface area contributed by atoms with Crippen molar-refractivity contribution >= 4 is 11.6 Å². The average molecular weight is 278 g/mol. The van der Waals surface area contributed by atoms with Crippen LogP contribution in [-0.4, -0.2) is 30.2 Å². The van der Waals surface area contributed by atoms with Crippen LogP contribution in [0.2, 0.25) is 0 Å². The summed E-state index contributed by atoms with van der Waals surface area (Å²) in [7, 11) is 0. The number of rotatable bonds is 3. The first kappa shape index (κ1) is 14.8. The molecular weight excluding hydrogens is 256 g/mol. The maximum absolute atomic E-state index is 12.3. The van der Waals surface area contributed by atoms with Crippen LogP contribution < -0.4 is 15.4 Å². The normalized spacial score (nSPS) is 17.4. The van der Waals surface area contributed by atoms with E-state index in [9.17, 15) is 9.90 Å². The first-order valence-corrected chi connectivity index (χ1v) is 6.93. The lowest BCUT2D eigenvalue weighted by molar-refractivity contribution is -0.121. The summed E-state index contributed by atoms with van der Waals surface area (Å²) in [5.74, 6) is 0.649. The average Bonchev–Trinajstić information content (AvgIpc) is 2.44. The molecule has 2 atom stereocenters. The zero-order valence-electron chi connectivity index (χ0n) is 12.2. The second-order valence-corrected chi connectivity index (χ2v) is 5.52. The van der Waals surface area contributed by atoms with E-state index in [0.717, 1.165) is 0 Å². The number of amides is 1. The zero-order chi connectivity index (χ0) is 14.9. The number of hydrogen-bond donors (Lipinski definition) is 2. The van der Waals surface area contributed by atoms with Crippen LogP contribution in [0.1, 0.15) is 32.4 Å². The van der Waals surface area contributed by atoms with Crippen molar-refractivity contribution in [3.05, 3.63) is 23.8 Å². The fourth-order valence-electron chi connectivity index (χ4n) is 2.26. The number of carbonyl (C=O) groups is 1. The van der Waals surface area contributed by atoms with E-state index in [2.05, 4.69) is 0 Å². The number of nitrogens with zero attached hydrogens (tertiary/aromatic N) is 1. The third kappa shape index (κ3) is 2.78. The SMILES string of the molecule is CC(C)C(=O)N1CCOc2ccc(C(O)C(C)N)cc21. The van der Waals surface area contributed by atoms with Gasteiger partial charge in [0.1, 0.15) is 12.4 Å². The Labute approximate surface area is 119 Å². The van der Waals surface area contributed by atoms with Gasteiger partial charge in [-0.25, -0.2) is 0 Å². The van der Waals surface area contributed by atoms with Crippen molar-refractivity contribution in [3.63, 3.8) is 0 Å². The highest BCUT2D eigenvalue weighted by atomic mass is 16.5. The Morgan fingerprint density at radius 1 is 1.40 bits per heavy atom. The molecule has 0 fully saturated rings. The topological polar surface area (TPSA) is 75.8 Å². The molecule has 0 saturated heterocycles. The van der Waals surface area contributed by atoms with Crippen LogP contribution in [0.15, 0.2) is 18.2 Å². The summed E-state index contributed by atoms with van der Waals surface area (Å²) in [4.78, 5) is 14.0. The summed E-state index contributed by atoms with van der Waals surface area (Å²) in [6.07, 6.45) is -0.752. The van der Waals surface area contributed by atoms with E-state index in [-0.39, 0.29) is 17.9 Å².